The predicted molar refractivity (Wildman–Crippen MR) is 56.0 cm³/mol. The summed E-state index contributed by atoms with van der Waals surface area (Å²) in [5, 5.41) is 11.9. The molecule has 1 rings (SSSR count). The lowest BCUT2D eigenvalue weighted by molar-refractivity contribution is -0.142. The highest BCUT2D eigenvalue weighted by Gasteiger charge is 2.01. The summed E-state index contributed by atoms with van der Waals surface area (Å²) in [7, 11) is 0. The summed E-state index contributed by atoms with van der Waals surface area (Å²) in [6.07, 6.45) is 3.44. The monoisotopic (exact) mass is 210 g/mol. The van der Waals surface area contributed by atoms with Crippen molar-refractivity contribution in [1.82, 2.24) is 4.57 Å². The molecule has 0 unspecified atom stereocenters. The zero-order valence-corrected chi connectivity index (χ0v) is 8.75. The first-order chi connectivity index (χ1) is 7.11. The smallest absolute Gasteiger partial charge is 0.344 e. The van der Waals surface area contributed by atoms with Crippen LogP contribution < -0.4 is 0 Å². The van der Waals surface area contributed by atoms with E-state index in [0.717, 1.165) is 5.69 Å². The molecular formula is C10H14N2O3. The van der Waals surface area contributed by atoms with Crippen LogP contribution in [0.1, 0.15) is 25.6 Å². The minimum absolute atomic E-state index is 0.334. The second kappa shape index (κ2) is 5.19. The minimum Gasteiger partial charge on any atom is -0.479 e. The van der Waals surface area contributed by atoms with Crippen molar-refractivity contribution in [2.75, 3.05) is 6.61 Å². The molecule has 0 aliphatic heterocycles. The van der Waals surface area contributed by atoms with Crippen molar-refractivity contribution in [2.45, 2.75) is 19.9 Å². The molecule has 1 N–H and O–H groups in total. The maximum atomic E-state index is 10.1. The zero-order valence-electron chi connectivity index (χ0n) is 8.75. The summed E-state index contributed by atoms with van der Waals surface area (Å²) in [5.74, 6) is -1.04. The van der Waals surface area contributed by atoms with Crippen molar-refractivity contribution in [1.29, 1.82) is 0 Å². The first-order valence-electron chi connectivity index (χ1n) is 4.65. The third-order valence-electron chi connectivity index (χ3n) is 1.82. The van der Waals surface area contributed by atoms with Gasteiger partial charge in [0.1, 0.15) is 0 Å². The lowest BCUT2D eigenvalue weighted by atomic mass is 10.3. The number of carboxylic acids is 1. The molecule has 0 atom stereocenters. The molecule has 0 saturated carbocycles. The van der Waals surface area contributed by atoms with Crippen molar-refractivity contribution < 1.29 is 14.7 Å². The first-order valence-corrected chi connectivity index (χ1v) is 4.65. The Labute approximate surface area is 88.0 Å². The lowest BCUT2D eigenvalue weighted by Crippen LogP contribution is -2.05. The summed E-state index contributed by atoms with van der Waals surface area (Å²) in [6.45, 7) is 3.68. The largest absolute Gasteiger partial charge is 0.479 e. The summed E-state index contributed by atoms with van der Waals surface area (Å²) in [5.41, 5.74) is 0.885. The Bertz CT molecular complexity index is 355. The van der Waals surface area contributed by atoms with Crippen molar-refractivity contribution in [3.8, 4) is 0 Å². The standard InChI is InChI=1S/C10H14N2O3/c1-8(2)12-5-3-4-9(12)6-11-15-7-10(13)14/h3-6,8H,7H2,1-2H3,(H,13,14)/b11-6-. The number of nitrogens with zero attached hydrogens (tertiary/aromatic N) is 2. The summed E-state index contributed by atoms with van der Waals surface area (Å²) in [6, 6.07) is 4.12. The normalized spacial score (nSPS) is 11.1. The van der Waals surface area contributed by atoms with E-state index in [2.05, 4.69) is 23.8 Å². The van der Waals surface area contributed by atoms with E-state index in [1.54, 1.807) is 0 Å². The van der Waals surface area contributed by atoms with E-state index < -0.39 is 12.6 Å². The van der Waals surface area contributed by atoms with Crippen LogP contribution in [0, 0.1) is 0 Å². The molecule has 0 radical (unpaired) electrons. The quantitative estimate of drug-likeness (QED) is 0.591. The van der Waals surface area contributed by atoms with E-state index in [-0.39, 0.29) is 0 Å². The number of hydrogen-bond donors (Lipinski definition) is 1. The van der Waals surface area contributed by atoms with Crippen molar-refractivity contribution in [3.63, 3.8) is 0 Å². The second-order valence-electron chi connectivity index (χ2n) is 3.34. The molecule has 5 nitrogen and oxygen atoms in total. The molecule has 0 aromatic carbocycles. The molecule has 1 aromatic heterocycles. The summed E-state index contributed by atoms with van der Waals surface area (Å²) < 4.78 is 2.01. The van der Waals surface area contributed by atoms with E-state index in [0.29, 0.717) is 6.04 Å². The van der Waals surface area contributed by atoms with E-state index >= 15 is 0 Å². The van der Waals surface area contributed by atoms with Gasteiger partial charge in [-0.3, -0.25) is 0 Å². The van der Waals surface area contributed by atoms with Crippen LogP contribution in [0.3, 0.4) is 0 Å². The van der Waals surface area contributed by atoms with Gasteiger partial charge < -0.3 is 14.5 Å². The van der Waals surface area contributed by atoms with Crippen LogP contribution in [0.15, 0.2) is 23.5 Å². The molecule has 82 valence electrons. The molecule has 0 bridgehead atoms. The van der Waals surface area contributed by atoms with Gasteiger partial charge in [0.15, 0.2) is 0 Å². The van der Waals surface area contributed by atoms with Gasteiger partial charge in [0, 0.05) is 12.2 Å². The average Bonchev–Trinajstić information content (AvgIpc) is 2.60. The van der Waals surface area contributed by atoms with Gasteiger partial charge in [-0.05, 0) is 26.0 Å². The Kier molecular flexibility index (Phi) is 3.91. The number of oxime groups is 1. The van der Waals surface area contributed by atoms with Crippen LogP contribution >= 0.6 is 0 Å². The fourth-order valence-electron chi connectivity index (χ4n) is 1.17. The van der Waals surface area contributed by atoms with Crippen LogP contribution in [0.4, 0.5) is 0 Å². The first kappa shape index (κ1) is 11.3. The Morgan fingerprint density at radius 1 is 1.73 bits per heavy atom. The van der Waals surface area contributed by atoms with E-state index in [1.807, 2.05) is 22.9 Å². The highest BCUT2D eigenvalue weighted by Crippen LogP contribution is 2.08. The third kappa shape index (κ3) is 3.46. The number of carboxylic acid groups (broad SMARTS) is 1. The maximum Gasteiger partial charge on any atom is 0.344 e. The molecule has 1 heterocycles. The molecule has 1 aromatic rings. The van der Waals surface area contributed by atoms with Gasteiger partial charge >= 0.3 is 5.97 Å². The average molecular weight is 210 g/mol. The third-order valence-corrected chi connectivity index (χ3v) is 1.82. The van der Waals surface area contributed by atoms with Gasteiger partial charge in [-0.2, -0.15) is 0 Å². The molecule has 0 spiro atoms. The molecule has 15 heavy (non-hydrogen) atoms. The second-order valence-corrected chi connectivity index (χ2v) is 3.34. The van der Waals surface area contributed by atoms with Gasteiger partial charge in [0.2, 0.25) is 6.61 Å². The van der Waals surface area contributed by atoms with Crippen LogP contribution in [-0.2, 0) is 9.63 Å². The number of carbonyl (C=O) groups is 1. The van der Waals surface area contributed by atoms with Gasteiger partial charge in [0.25, 0.3) is 0 Å². The van der Waals surface area contributed by atoms with Crippen LogP contribution in [0.2, 0.25) is 0 Å². The maximum absolute atomic E-state index is 10.1. The Hall–Kier alpha value is -1.78. The summed E-state index contributed by atoms with van der Waals surface area (Å²) >= 11 is 0. The van der Waals surface area contributed by atoms with E-state index in [1.165, 1.54) is 6.21 Å². The number of aromatic nitrogens is 1. The molecule has 0 aliphatic carbocycles. The fraction of sp³-hybridized carbons (Fsp3) is 0.400. The summed E-state index contributed by atoms with van der Waals surface area (Å²) in [4.78, 5) is 14.7. The highest BCUT2D eigenvalue weighted by atomic mass is 16.6. The molecule has 0 amide bonds. The van der Waals surface area contributed by atoms with Crippen molar-refractivity contribution in [2.24, 2.45) is 5.16 Å². The molecular weight excluding hydrogens is 196 g/mol. The molecule has 0 aliphatic rings. The van der Waals surface area contributed by atoms with Crippen LogP contribution in [-0.4, -0.2) is 28.5 Å². The SMILES string of the molecule is CC(C)n1cccc1/C=N\OCC(=O)O. The topological polar surface area (TPSA) is 63.8 Å². The lowest BCUT2D eigenvalue weighted by Gasteiger charge is -2.09. The molecule has 0 fully saturated rings. The van der Waals surface area contributed by atoms with Gasteiger partial charge in [-0.15, -0.1) is 0 Å². The van der Waals surface area contributed by atoms with Crippen molar-refractivity contribution in [3.05, 3.63) is 24.0 Å². The number of hydrogen-bond acceptors (Lipinski definition) is 3. The van der Waals surface area contributed by atoms with Gasteiger partial charge in [-0.1, -0.05) is 5.16 Å². The number of rotatable bonds is 5. The fourth-order valence-corrected chi connectivity index (χ4v) is 1.17. The van der Waals surface area contributed by atoms with Gasteiger partial charge in [-0.25, -0.2) is 4.79 Å². The van der Waals surface area contributed by atoms with Crippen LogP contribution in [0.25, 0.3) is 0 Å². The number of aliphatic carboxylic acids is 1. The highest BCUT2D eigenvalue weighted by molar-refractivity contribution is 5.77. The predicted octanol–water partition coefficient (Wildman–Crippen LogP) is 1.50. The zero-order chi connectivity index (χ0) is 11.3. The minimum atomic E-state index is -1.04. The Morgan fingerprint density at radius 3 is 3.07 bits per heavy atom. The molecule has 0 saturated heterocycles. The Balaban J connectivity index is 2.56. The van der Waals surface area contributed by atoms with E-state index in [4.69, 9.17) is 5.11 Å². The van der Waals surface area contributed by atoms with Crippen molar-refractivity contribution >= 4 is 12.2 Å². The Morgan fingerprint density at radius 2 is 2.47 bits per heavy atom. The molecule has 5 heteroatoms. The van der Waals surface area contributed by atoms with Gasteiger partial charge in [0.05, 0.1) is 11.9 Å². The van der Waals surface area contributed by atoms with Crippen LogP contribution in [0.5, 0.6) is 0 Å². The van der Waals surface area contributed by atoms with E-state index in [9.17, 15) is 4.79 Å².